The van der Waals surface area contributed by atoms with Crippen LogP contribution in [0, 0.1) is 40.7 Å². The smallest absolute Gasteiger partial charge is 0.422 e. The fourth-order valence-electron chi connectivity index (χ4n) is 4.72. The van der Waals surface area contributed by atoms with Gasteiger partial charge in [-0.05, 0) is 22.2 Å². The van der Waals surface area contributed by atoms with Gasteiger partial charge in [0.2, 0.25) is 0 Å². The van der Waals surface area contributed by atoms with Gasteiger partial charge in [-0.1, -0.05) is 36.4 Å². The topological polar surface area (TPSA) is 9.23 Å². The minimum absolute atomic E-state index is 0.209. The van der Waals surface area contributed by atoms with Crippen molar-refractivity contribution in [3.63, 3.8) is 0 Å². The summed E-state index contributed by atoms with van der Waals surface area (Å²) in [6, 6.07) is 9.59. The average Bonchev–Trinajstić information content (AvgIpc) is 2.87. The Bertz CT molecular complexity index is 1760. The molecule has 0 heterocycles. The first-order valence-corrected chi connectivity index (χ1v) is 11.0. The SMILES string of the molecule is COc1cc(F)c(-c2c3ccccc3c(-c3c(F)c(F)c(C(F)(F)F)c(F)c3F)c3cccc(F)c23)c(F)c1. The maximum absolute atomic E-state index is 15.4. The molecule has 200 valence electrons. The van der Waals surface area contributed by atoms with Gasteiger partial charge < -0.3 is 4.74 Å². The van der Waals surface area contributed by atoms with Gasteiger partial charge in [-0.25, -0.2) is 30.7 Å². The largest absolute Gasteiger partial charge is 0.497 e. The van der Waals surface area contributed by atoms with Gasteiger partial charge in [0.1, 0.15) is 28.8 Å². The van der Waals surface area contributed by atoms with Crippen LogP contribution in [0.25, 0.3) is 43.8 Å². The summed E-state index contributed by atoms with van der Waals surface area (Å²) in [5.74, 6) is -13.9. The molecule has 0 saturated heterocycles. The molecule has 0 fully saturated rings. The number of rotatable bonds is 3. The normalized spacial score (nSPS) is 12.0. The molecule has 1 nitrogen and oxygen atoms in total. The molecule has 5 aromatic carbocycles. The number of fused-ring (bicyclic) bond motifs is 2. The van der Waals surface area contributed by atoms with Crippen LogP contribution in [0.4, 0.5) is 43.9 Å². The van der Waals surface area contributed by atoms with E-state index in [2.05, 4.69) is 0 Å². The summed E-state index contributed by atoms with van der Waals surface area (Å²) >= 11 is 0. The van der Waals surface area contributed by atoms with Crippen molar-refractivity contribution < 1.29 is 48.6 Å². The van der Waals surface area contributed by atoms with E-state index in [0.717, 1.165) is 43.5 Å². The number of halogens is 10. The Hall–Kier alpha value is -4.28. The maximum Gasteiger partial charge on any atom is 0.422 e. The number of benzene rings is 5. The van der Waals surface area contributed by atoms with Crippen molar-refractivity contribution in [2.24, 2.45) is 0 Å². The zero-order valence-corrected chi connectivity index (χ0v) is 19.4. The van der Waals surface area contributed by atoms with Crippen LogP contribution >= 0.6 is 0 Å². The van der Waals surface area contributed by atoms with E-state index in [-0.39, 0.29) is 16.5 Å². The monoisotopic (exact) mass is 554 g/mol. The van der Waals surface area contributed by atoms with Crippen LogP contribution in [0.1, 0.15) is 5.56 Å². The van der Waals surface area contributed by atoms with Crippen LogP contribution in [0.5, 0.6) is 5.75 Å². The van der Waals surface area contributed by atoms with Crippen molar-refractivity contribution in [3.8, 4) is 28.0 Å². The summed E-state index contributed by atoms with van der Waals surface area (Å²) in [6.07, 6.45) is -5.78. The van der Waals surface area contributed by atoms with Gasteiger partial charge in [0.15, 0.2) is 23.3 Å². The summed E-state index contributed by atoms with van der Waals surface area (Å²) in [6.45, 7) is 0. The van der Waals surface area contributed by atoms with E-state index in [1.165, 1.54) is 18.2 Å². The lowest BCUT2D eigenvalue weighted by Crippen LogP contribution is -2.16. The average molecular weight is 554 g/mol. The molecule has 0 aliphatic rings. The summed E-state index contributed by atoms with van der Waals surface area (Å²) in [5.41, 5.74) is -6.21. The Morgan fingerprint density at radius 1 is 0.538 bits per heavy atom. The van der Waals surface area contributed by atoms with Crippen molar-refractivity contribution >= 4 is 21.5 Å². The van der Waals surface area contributed by atoms with Gasteiger partial charge in [0, 0.05) is 28.6 Å². The minimum atomic E-state index is -5.78. The Morgan fingerprint density at radius 3 is 1.56 bits per heavy atom. The molecule has 0 aromatic heterocycles. The summed E-state index contributed by atoms with van der Waals surface area (Å²) < 4.78 is 150. The van der Waals surface area contributed by atoms with E-state index < -0.39 is 85.5 Å². The first-order valence-electron chi connectivity index (χ1n) is 11.0. The van der Waals surface area contributed by atoms with Crippen molar-refractivity contribution in [2.75, 3.05) is 7.11 Å². The minimum Gasteiger partial charge on any atom is -0.497 e. The number of alkyl halides is 3. The van der Waals surface area contributed by atoms with E-state index in [9.17, 15) is 22.0 Å². The first kappa shape index (κ1) is 26.3. The summed E-state index contributed by atoms with van der Waals surface area (Å²) in [4.78, 5) is 0. The van der Waals surface area contributed by atoms with Gasteiger partial charge in [0.25, 0.3) is 0 Å². The predicted octanol–water partition coefficient (Wildman–Crippen LogP) is 9.33. The highest BCUT2D eigenvalue weighted by Crippen LogP contribution is 2.48. The lowest BCUT2D eigenvalue weighted by atomic mass is 9.84. The molecule has 0 unspecified atom stereocenters. The standard InChI is InChI=1S/C28H12F10O/c1-39-11-9-16(30)21(17(31)10-11)20-13-6-3-2-5-12(13)18(14-7-4-8-15(29)19(14)20)22-24(32)26(34)23(28(36,37)38)27(35)25(22)33/h2-10H,1H3. The molecule has 5 rings (SSSR count). The Balaban J connectivity index is 2.04. The molecular weight excluding hydrogens is 542 g/mol. The van der Waals surface area contributed by atoms with E-state index in [4.69, 9.17) is 4.74 Å². The highest BCUT2D eigenvalue weighted by molar-refractivity contribution is 6.21. The third-order valence-corrected chi connectivity index (χ3v) is 6.30. The van der Waals surface area contributed by atoms with Crippen LogP contribution in [-0.2, 0) is 6.18 Å². The lowest BCUT2D eigenvalue weighted by Gasteiger charge is -2.20. The molecule has 0 atom stereocenters. The molecule has 0 bridgehead atoms. The van der Waals surface area contributed by atoms with Gasteiger partial charge in [-0.3, -0.25) is 0 Å². The Morgan fingerprint density at radius 2 is 1.05 bits per heavy atom. The second-order valence-electron chi connectivity index (χ2n) is 8.43. The zero-order chi connectivity index (χ0) is 28.4. The van der Waals surface area contributed by atoms with Gasteiger partial charge in [0.05, 0.1) is 18.2 Å². The number of ether oxygens (including phenoxy) is 1. The van der Waals surface area contributed by atoms with Crippen LogP contribution in [0.3, 0.4) is 0 Å². The molecule has 0 aliphatic heterocycles. The molecule has 11 heteroatoms. The lowest BCUT2D eigenvalue weighted by molar-refractivity contribution is -0.143. The fourth-order valence-corrected chi connectivity index (χ4v) is 4.72. The van der Waals surface area contributed by atoms with Crippen molar-refractivity contribution in [3.05, 3.63) is 101 Å². The van der Waals surface area contributed by atoms with Gasteiger partial charge in [-0.2, -0.15) is 13.2 Å². The van der Waals surface area contributed by atoms with Crippen molar-refractivity contribution in [2.45, 2.75) is 6.18 Å². The molecule has 0 radical (unpaired) electrons. The zero-order valence-electron chi connectivity index (χ0n) is 19.4. The molecule has 0 amide bonds. The highest BCUT2D eigenvalue weighted by Gasteiger charge is 2.43. The van der Waals surface area contributed by atoms with E-state index in [1.54, 1.807) is 0 Å². The number of hydrogen-bond acceptors (Lipinski definition) is 1. The van der Waals surface area contributed by atoms with Gasteiger partial charge in [-0.15, -0.1) is 0 Å². The number of hydrogen-bond donors (Lipinski definition) is 0. The van der Waals surface area contributed by atoms with E-state index >= 15 is 22.0 Å². The van der Waals surface area contributed by atoms with E-state index in [0.29, 0.717) is 0 Å². The fraction of sp³-hybridized carbons (Fsp3) is 0.0714. The summed E-state index contributed by atoms with van der Waals surface area (Å²) in [7, 11) is 1.15. The third-order valence-electron chi connectivity index (χ3n) is 6.30. The highest BCUT2D eigenvalue weighted by atomic mass is 19.4. The molecule has 0 saturated carbocycles. The summed E-state index contributed by atoms with van der Waals surface area (Å²) in [5, 5.41) is -1.58. The molecule has 39 heavy (non-hydrogen) atoms. The molecule has 0 aliphatic carbocycles. The van der Waals surface area contributed by atoms with Crippen molar-refractivity contribution in [1.29, 1.82) is 0 Å². The quantitative estimate of drug-likeness (QED) is 0.123. The first-order chi connectivity index (χ1) is 18.4. The van der Waals surface area contributed by atoms with Crippen LogP contribution < -0.4 is 4.74 Å². The van der Waals surface area contributed by atoms with E-state index in [1.807, 2.05) is 0 Å². The second-order valence-corrected chi connectivity index (χ2v) is 8.43. The predicted molar refractivity (Wildman–Crippen MR) is 124 cm³/mol. The van der Waals surface area contributed by atoms with Crippen LogP contribution in [0.2, 0.25) is 0 Å². The molecule has 0 N–H and O–H groups in total. The molecule has 5 aromatic rings. The van der Waals surface area contributed by atoms with Crippen molar-refractivity contribution in [1.82, 2.24) is 0 Å². The van der Waals surface area contributed by atoms with Crippen LogP contribution in [0.15, 0.2) is 54.6 Å². The Labute approximate surface area is 212 Å². The van der Waals surface area contributed by atoms with Gasteiger partial charge >= 0.3 is 6.18 Å². The third kappa shape index (κ3) is 3.95. The molecular formula is C28H12F10O. The van der Waals surface area contributed by atoms with Crippen LogP contribution in [-0.4, -0.2) is 7.11 Å². The number of methoxy groups -OCH3 is 1. The Kier molecular flexibility index (Phi) is 6.20. The maximum atomic E-state index is 15.4. The molecule has 0 spiro atoms. The second kappa shape index (κ2) is 9.18.